The van der Waals surface area contributed by atoms with E-state index in [0.29, 0.717) is 6.54 Å². The molecule has 1 unspecified atom stereocenters. The molecule has 6 nitrogen and oxygen atoms in total. The monoisotopic (exact) mass is 321 g/mol. The number of aromatic nitrogens is 2. The van der Waals surface area contributed by atoms with Crippen molar-refractivity contribution in [2.24, 2.45) is 5.92 Å². The van der Waals surface area contributed by atoms with Crippen LogP contribution < -0.4 is 4.90 Å². The van der Waals surface area contributed by atoms with E-state index in [1.165, 1.54) is 28.0 Å². The van der Waals surface area contributed by atoms with E-state index >= 15 is 0 Å². The molecule has 2 heterocycles. The molecule has 1 aliphatic rings. The number of anilines is 1. The van der Waals surface area contributed by atoms with Gasteiger partial charge in [-0.3, -0.25) is 9.48 Å². The van der Waals surface area contributed by atoms with E-state index in [9.17, 15) is 18.4 Å². The van der Waals surface area contributed by atoms with Gasteiger partial charge in [0.1, 0.15) is 11.6 Å². The van der Waals surface area contributed by atoms with Crippen LogP contribution in [0.2, 0.25) is 0 Å². The second-order valence-electron chi connectivity index (χ2n) is 5.43. The van der Waals surface area contributed by atoms with E-state index in [4.69, 9.17) is 5.11 Å². The van der Waals surface area contributed by atoms with Crippen molar-refractivity contribution >= 4 is 17.6 Å². The Morgan fingerprint density at radius 2 is 2.17 bits per heavy atom. The number of carboxylic acid groups (broad SMARTS) is 1. The van der Waals surface area contributed by atoms with Gasteiger partial charge in [0, 0.05) is 37.7 Å². The van der Waals surface area contributed by atoms with Crippen LogP contribution in [0.15, 0.2) is 30.6 Å². The summed E-state index contributed by atoms with van der Waals surface area (Å²) >= 11 is 0. The van der Waals surface area contributed by atoms with Gasteiger partial charge in [-0.15, -0.1) is 0 Å². The largest absolute Gasteiger partial charge is 0.478 e. The molecule has 23 heavy (non-hydrogen) atoms. The van der Waals surface area contributed by atoms with Crippen LogP contribution >= 0.6 is 0 Å². The lowest BCUT2D eigenvalue weighted by Gasteiger charge is -2.17. The zero-order valence-corrected chi connectivity index (χ0v) is 11.9. The van der Waals surface area contributed by atoms with Crippen LogP contribution in [-0.4, -0.2) is 33.3 Å². The number of hydrogen-bond acceptors (Lipinski definition) is 3. The molecule has 0 spiro atoms. The topological polar surface area (TPSA) is 75.4 Å². The van der Waals surface area contributed by atoms with Crippen molar-refractivity contribution in [2.45, 2.75) is 13.0 Å². The lowest BCUT2D eigenvalue weighted by molar-refractivity contribution is -0.117. The molecule has 1 N–H and O–H groups in total. The van der Waals surface area contributed by atoms with Gasteiger partial charge in [-0.1, -0.05) is 0 Å². The summed E-state index contributed by atoms with van der Waals surface area (Å²) in [5, 5.41) is 12.8. The zero-order valence-electron chi connectivity index (χ0n) is 11.9. The van der Waals surface area contributed by atoms with Crippen molar-refractivity contribution < 1.29 is 23.5 Å². The van der Waals surface area contributed by atoms with Gasteiger partial charge >= 0.3 is 5.97 Å². The third kappa shape index (κ3) is 3.05. The van der Waals surface area contributed by atoms with Crippen LogP contribution in [0.5, 0.6) is 0 Å². The maximum atomic E-state index is 13.8. The van der Waals surface area contributed by atoms with Crippen LogP contribution in [-0.2, 0) is 11.3 Å². The Balaban J connectivity index is 1.73. The summed E-state index contributed by atoms with van der Waals surface area (Å²) in [5.74, 6) is -2.95. The van der Waals surface area contributed by atoms with Gasteiger partial charge in [0.25, 0.3) is 0 Å². The first-order chi connectivity index (χ1) is 10.9. The Hall–Kier alpha value is -2.77. The van der Waals surface area contributed by atoms with Crippen LogP contribution in [0.25, 0.3) is 0 Å². The summed E-state index contributed by atoms with van der Waals surface area (Å²) in [6.45, 7) is 0.613. The first-order valence-electron chi connectivity index (χ1n) is 6.95. The standard InChI is InChI=1S/C15H13F2N3O3/c16-11-1-2-13(12(17)4-11)20-7-9(3-14(20)21)6-19-8-10(5-18-19)15(22)23/h1-2,4-5,8-9H,3,6-7H2,(H,22,23). The van der Waals surface area contributed by atoms with Crippen LogP contribution in [0.3, 0.4) is 0 Å². The van der Waals surface area contributed by atoms with Crippen molar-refractivity contribution in [1.82, 2.24) is 9.78 Å². The molecule has 120 valence electrons. The Morgan fingerprint density at radius 1 is 1.39 bits per heavy atom. The number of aromatic carboxylic acids is 1. The molecular weight excluding hydrogens is 308 g/mol. The minimum Gasteiger partial charge on any atom is -0.478 e. The van der Waals surface area contributed by atoms with E-state index in [1.54, 1.807) is 0 Å². The molecule has 1 amide bonds. The molecule has 1 aromatic heterocycles. The number of nitrogens with zero attached hydrogens (tertiary/aromatic N) is 3. The van der Waals surface area contributed by atoms with Gasteiger partial charge in [0.2, 0.25) is 5.91 Å². The fourth-order valence-electron chi connectivity index (χ4n) is 2.68. The summed E-state index contributed by atoms with van der Waals surface area (Å²) in [7, 11) is 0. The predicted molar refractivity (Wildman–Crippen MR) is 76.0 cm³/mol. The minimum atomic E-state index is -1.08. The molecule has 0 saturated carbocycles. The van der Waals surface area contributed by atoms with Crippen molar-refractivity contribution in [3.8, 4) is 0 Å². The van der Waals surface area contributed by atoms with Gasteiger partial charge < -0.3 is 10.0 Å². The van der Waals surface area contributed by atoms with Crippen molar-refractivity contribution in [3.63, 3.8) is 0 Å². The third-order valence-electron chi connectivity index (χ3n) is 3.73. The van der Waals surface area contributed by atoms with E-state index in [2.05, 4.69) is 5.10 Å². The van der Waals surface area contributed by atoms with Gasteiger partial charge in [-0.05, 0) is 12.1 Å². The van der Waals surface area contributed by atoms with Gasteiger partial charge in [0.05, 0.1) is 17.4 Å². The molecule has 8 heteroatoms. The fourth-order valence-corrected chi connectivity index (χ4v) is 2.68. The Morgan fingerprint density at radius 3 is 2.83 bits per heavy atom. The summed E-state index contributed by atoms with van der Waals surface area (Å²) < 4.78 is 28.2. The van der Waals surface area contributed by atoms with Crippen molar-refractivity contribution in [3.05, 3.63) is 47.8 Å². The number of amides is 1. The van der Waals surface area contributed by atoms with Crippen LogP contribution in [0.1, 0.15) is 16.8 Å². The zero-order chi connectivity index (χ0) is 16.6. The summed E-state index contributed by atoms with van der Waals surface area (Å²) in [6, 6.07) is 3.08. The first-order valence-corrected chi connectivity index (χ1v) is 6.95. The highest BCUT2D eigenvalue weighted by molar-refractivity contribution is 5.95. The molecule has 0 aliphatic carbocycles. The lowest BCUT2D eigenvalue weighted by Crippen LogP contribution is -2.26. The number of carbonyl (C=O) groups excluding carboxylic acids is 1. The van der Waals surface area contributed by atoms with Crippen molar-refractivity contribution in [2.75, 3.05) is 11.4 Å². The third-order valence-corrected chi connectivity index (χ3v) is 3.73. The highest BCUT2D eigenvalue weighted by Crippen LogP contribution is 2.28. The number of halogens is 2. The SMILES string of the molecule is O=C(O)c1cnn(CC2CC(=O)N(c3ccc(F)cc3F)C2)c1. The Labute approximate surface area is 129 Å². The van der Waals surface area contributed by atoms with E-state index in [0.717, 1.165) is 12.1 Å². The first kappa shape index (κ1) is 15.1. The molecule has 1 fully saturated rings. The number of hydrogen-bond donors (Lipinski definition) is 1. The highest BCUT2D eigenvalue weighted by atomic mass is 19.1. The molecule has 1 atom stereocenters. The summed E-state index contributed by atoms with van der Waals surface area (Å²) in [6.07, 6.45) is 2.81. The Bertz CT molecular complexity index is 775. The Kier molecular flexibility index (Phi) is 3.81. The maximum absolute atomic E-state index is 13.8. The van der Waals surface area contributed by atoms with Crippen molar-refractivity contribution in [1.29, 1.82) is 0 Å². The van der Waals surface area contributed by atoms with E-state index < -0.39 is 17.6 Å². The summed E-state index contributed by atoms with van der Waals surface area (Å²) in [5.41, 5.74) is 0.112. The van der Waals surface area contributed by atoms with E-state index in [-0.39, 0.29) is 36.0 Å². The van der Waals surface area contributed by atoms with Crippen LogP contribution in [0, 0.1) is 17.6 Å². The average Bonchev–Trinajstić information content (AvgIpc) is 3.07. The van der Waals surface area contributed by atoms with Gasteiger partial charge in [-0.2, -0.15) is 5.10 Å². The molecule has 1 saturated heterocycles. The second kappa shape index (κ2) is 5.79. The minimum absolute atomic E-state index is 0.0468. The maximum Gasteiger partial charge on any atom is 0.338 e. The molecule has 1 aromatic carbocycles. The number of benzene rings is 1. The van der Waals surface area contributed by atoms with Gasteiger partial charge in [-0.25, -0.2) is 13.6 Å². The lowest BCUT2D eigenvalue weighted by atomic mass is 10.1. The predicted octanol–water partition coefficient (Wildman–Crippen LogP) is 1.91. The molecule has 2 aromatic rings. The van der Waals surface area contributed by atoms with Crippen LogP contribution in [0.4, 0.5) is 14.5 Å². The normalized spacial score (nSPS) is 17.7. The van der Waals surface area contributed by atoms with Gasteiger partial charge in [0.15, 0.2) is 0 Å². The molecule has 1 aliphatic heterocycles. The molecule has 0 bridgehead atoms. The highest BCUT2D eigenvalue weighted by Gasteiger charge is 2.32. The second-order valence-corrected chi connectivity index (χ2v) is 5.43. The quantitative estimate of drug-likeness (QED) is 0.933. The van der Waals surface area contributed by atoms with E-state index in [1.807, 2.05) is 0 Å². The molecular formula is C15H13F2N3O3. The molecule has 0 radical (unpaired) electrons. The average molecular weight is 321 g/mol. The molecule has 3 rings (SSSR count). The number of rotatable bonds is 4. The smallest absolute Gasteiger partial charge is 0.338 e. The summed E-state index contributed by atoms with van der Waals surface area (Å²) in [4.78, 5) is 24.2. The number of carboxylic acids is 1. The fraction of sp³-hybridized carbons (Fsp3) is 0.267. The number of carbonyl (C=O) groups is 2.